The van der Waals surface area contributed by atoms with Crippen molar-refractivity contribution in [3.63, 3.8) is 0 Å². The van der Waals surface area contributed by atoms with E-state index in [0.29, 0.717) is 13.2 Å². The first-order valence-electron chi connectivity index (χ1n) is 5.47. The van der Waals surface area contributed by atoms with Crippen molar-refractivity contribution in [2.45, 2.75) is 0 Å². The van der Waals surface area contributed by atoms with Crippen molar-refractivity contribution in [3.8, 4) is 0 Å². The lowest BCUT2D eigenvalue weighted by molar-refractivity contribution is 0.0944. The average molecular weight is 221 g/mol. The third kappa shape index (κ3) is 5.07. The zero-order valence-corrected chi connectivity index (χ0v) is 9.48. The molecule has 0 radical (unpaired) electrons. The van der Waals surface area contributed by atoms with Gasteiger partial charge in [0.1, 0.15) is 0 Å². The van der Waals surface area contributed by atoms with Crippen LogP contribution in [0.5, 0.6) is 0 Å². The lowest BCUT2D eigenvalue weighted by Crippen LogP contribution is -2.22. The molecule has 0 fully saturated rings. The Morgan fingerprint density at radius 2 is 2.00 bits per heavy atom. The van der Waals surface area contributed by atoms with E-state index in [2.05, 4.69) is 11.9 Å². The molecule has 0 unspecified atom stereocenters. The van der Waals surface area contributed by atoms with E-state index in [9.17, 15) is 0 Å². The quantitative estimate of drug-likeness (QED) is 0.650. The van der Waals surface area contributed by atoms with Gasteiger partial charge >= 0.3 is 0 Å². The first kappa shape index (κ1) is 12.9. The second-order valence-electron chi connectivity index (χ2n) is 3.48. The summed E-state index contributed by atoms with van der Waals surface area (Å²) in [7, 11) is 0. The van der Waals surface area contributed by atoms with Crippen LogP contribution in [-0.4, -0.2) is 38.0 Å². The summed E-state index contributed by atoms with van der Waals surface area (Å²) in [6.45, 7) is 6.64. The Morgan fingerprint density at radius 1 is 1.25 bits per heavy atom. The van der Waals surface area contributed by atoms with Crippen LogP contribution in [0, 0.1) is 0 Å². The number of aliphatic hydroxyl groups is 1. The van der Waals surface area contributed by atoms with Gasteiger partial charge in [-0.2, -0.15) is 0 Å². The van der Waals surface area contributed by atoms with Gasteiger partial charge in [-0.1, -0.05) is 36.9 Å². The Hall–Kier alpha value is -1.16. The zero-order chi connectivity index (χ0) is 11.6. The largest absolute Gasteiger partial charge is 0.394 e. The van der Waals surface area contributed by atoms with Crippen LogP contribution in [0.2, 0.25) is 0 Å². The molecule has 0 spiro atoms. The number of hydrogen-bond donors (Lipinski definition) is 2. The summed E-state index contributed by atoms with van der Waals surface area (Å²) < 4.78 is 5.13. The summed E-state index contributed by atoms with van der Waals surface area (Å²) in [6, 6.07) is 10.1. The van der Waals surface area contributed by atoms with Gasteiger partial charge in [-0.3, -0.25) is 0 Å². The molecule has 0 aliphatic heterocycles. The molecule has 0 bridgehead atoms. The van der Waals surface area contributed by atoms with Gasteiger partial charge in [-0.25, -0.2) is 0 Å². The molecule has 1 aromatic rings. The molecule has 0 atom stereocenters. The van der Waals surface area contributed by atoms with Gasteiger partial charge in [-0.05, 0) is 11.1 Å². The first-order chi connectivity index (χ1) is 7.84. The SMILES string of the molecule is C=C(CNCCOCCO)c1ccccc1. The standard InChI is InChI=1S/C13H19NO2/c1-12(13-5-3-2-4-6-13)11-14-7-9-16-10-8-15/h2-6,14-15H,1,7-11H2. The van der Waals surface area contributed by atoms with Crippen molar-refractivity contribution in [1.29, 1.82) is 0 Å². The van der Waals surface area contributed by atoms with E-state index < -0.39 is 0 Å². The van der Waals surface area contributed by atoms with Crippen molar-refractivity contribution >= 4 is 5.57 Å². The molecule has 2 N–H and O–H groups in total. The number of ether oxygens (including phenoxy) is 1. The highest BCUT2D eigenvalue weighted by molar-refractivity contribution is 5.64. The first-order valence-corrected chi connectivity index (χ1v) is 5.47. The monoisotopic (exact) mass is 221 g/mol. The van der Waals surface area contributed by atoms with E-state index in [1.165, 1.54) is 0 Å². The van der Waals surface area contributed by atoms with Gasteiger partial charge in [-0.15, -0.1) is 0 Å². The van der Waals surface area contributed by atoms with Crippen LogP contribution >= 0.6 is 0 Å². The van der Waals surface area contributed by atoms with Gasteiger partial charge < -0.3 is 15.2 Å². The highest BCUT2D eigenvalue weighted by Gasteiger charge is 1.96. The van der Waals surface area contributed by atoms with E-state index in [1.54, 1.807) is 0 Å². The molecule has 1 aromatic carbocycles. The summed E-state index contributed by atoms with van der Waals surface area (Å²) in [4.78, 5) is 0. The fourth-order valence-corrected chi connectivity index (χ4v) is 1.33. The minimum Gasteiger partial charge on any atom is -0.394 e. The number of nitrogens with one attached hydrogen (secondary N) is 1. The van der Waals surface area contributed by atoms with Crippen molar-refractivity contribution < 1.29 is 9.84 Å². The Morgan fingerprint density at radius 3 is 2.69 bits per heavy atom. The normalized spacial score (nSPS) is 10.3. The fraction of sp³-hybridized carbons (Fsp3) is 0.385. The molecule has 0 aromatic heterocycles. The molecule has 0 saturated carbocycles. The third-order valence-electron chi connectivity index (χ3n) is 2.18. The summed E-state index contributed by atoms with van der Waals surface area (Å²) in [5.41, 5.74) is 2.23. The van der Waals surface area contributed by atoms with Gasteiger partial charge in [0, 0.05) is 13.1 Å². The number of benzene rings is 1. The van der Waals surface area contributed by atoms with Crippen molar-refractivity contribution in [3.05, 3.63) is 42.5 Å². The minimum atomic E-state index is 0.0801. The smallest absolute Gasteiger partial charge is 0.0698 e. The summed E-state index contributed by atoms with van der Waals surface area (Å²) >= 11 is 0. The van der Waals surface area contributed by atoms with Crippen LogP contribution in [0.15, 0.2) is 36.9 Å². The van der Waals surface area contributed by atoms with E-state index >= 15 is 0 Å². The molecule has 0 aliphatic carbocycles. The van der Waals surface area contributed by atoms with Crippen LogP contribution in [0.3, 0.4) is 0 Å². The van der Waals surface area contributed by atoms with Crippen molar-refractivity contribution in [1.82, 2.24) is 5.32 Å². The maximum Gasteiger partial charge on any atom is 0.0698 e. The van der Waals surface area contributed by atoms with Crippen LogP contribution in [0.4, 0.5) is 0 Å². The van der Waals surface area contributed by atoms with Crippen LogP contribution in [0.25, 0.3) is 5.57 Å². The molecular weight excluding hydrogens is 202 g/mol. The zero-order valence-electron chi connectivity index (χ0n) is 9.48. The molecular formula is C13H19NO2. The number of aliphatic hydroxyl groups excluding tert-OH is 1. The number of hydrogen-bond acceptors (Lipinski definition) is 3. The summed E-state index contributed by atoms with van der Waals surface area (Å²) in [5, 5.41) is 11.7. The van der Waals surface area contributed by atoms with Crippen molar-refractivity contribution in [2.24, 2.45) is 0 Å². The van der Waals surface area contributed by atoms with E-state index in [0.717, 1.165) is 24.2 Å². The number of rotatable bonds is 8. The molecule has 0 heterocycles. The van der Waals surface area contributed by atoms with Gasteiger partial charge in [0.05, 0.1) is 19.8 Å². The van der Waals surface area contributed by atoms with E-state index in [1.807, 2.05) is 30.3 Å². The molecule has 88 valence electrons. The van der Waals surface area contributed by atoms with E-state index in [-0.39, 0.29) is 6.61 Å². The van der Waals surface area contributed by atoms with Gasteiger partial charge in [0.2, 0.25) is 0 Å². The van der Waals surface area contributed by atoms with Crippen LogP contribution in [0.1, 0.15) is 5.56 Å². The topological polar surface area (TPSA) is 41.5 Å². The fourth-order valence-electron chi connectivity index (χ4n) is 1.33. The van der Waals surface area contributed by atoms with Crippen molar-refractivity contribution in [2.75, 3.05) is 32.9 Å². The Kier molecular flexibility index (Phi) is 6.49. The summed E-state index contributed by atoms with van der Waals surface area (Å²) in [5.74, 6) is 0. The van der Waals surface area contributed by atoms with Gasteiger partial charge in [0.15, 0.2) is 0 Å². The molecule has 0 aliphatic rings. The lowest BCUT2D eigenvalue weighted by Gasteiger charge is -2.08. The lowest BCUT2D eigenvalue weighted by atomic mass is 10.1. The Labute approximate surface area is 96.8 Å². The molecule has 1 rings (SSSR count). The second-order valence-corrected chi connectivity index (χ2v) is 3.48. The maximum atomic E-state index is 8.50. The van der Waals surface area contributed by atoms with Gasteiger partial charge in [0.25, 0.3) is 0 Å². The van der Waals surface area contributed by atoms with Crippen LogP contribution in [-0.2, 0) is 4.74 Å². The highest BCUT2D eigenvalue weighted by Crippen LogP contribution is 2.09. The maximum absolute atomic E-state index is 8.50. The molecule has 0 amide bonds. The molecule has 3 nitrogen and oxygen atoms in total. The minimum absolute atomic E-state index is 0.0801. The third-order valence-corrected chi connectivity index (χ3v) is 2.18. The molecule has 0 saturated heterocycles. The average Bonchev–Trinajstić information content (AvgIpc) is 2.34. The predicted molar refractivity (Wildman–Crippen MR) is 66.3 cm³/mol. The predicted octanol–water partition coefficient (Wildman–Crippen LogP) is 1.30. The Balaban J connectivity index is 2.12. The summed E-state index contributed by atoms with van der Waals surface area (Å²) in [6.07, 6.45) is 0. The molecule has 16 heavy (non-hydrogen) atoms. The second kappa shape index (κ2) is 8.05. The van der Waals surface area contributed by atoms with Crippen LogP contribution < -0.4 is 5.32 Å². The highest BCUT2D eigenvalue weighted by atomic mass is 16.5. The Bertz CT molecular complexity index is 298. The van der Waals surface area contributed by atoms with E-state index in [4.69, 9.17) is 9.84 Å². The molecule has 3 heteroatoms.